The molecule has 1 N–H and O–H groups in total. The van der Waals surface area contributed by atoms with Gasteiger partial charge in [0, 0.05) is 30.6 Å². The van der Waals surface area contributed by atoms with Crippen LogP contribution < -0.4 is 5.32 Å². The van der Waals surface area contributed by atoms with Crippen LogP contribution in [0, 0.1) is 5.92 Å². The van der Waals surface area contributed by atoms with E-state index in [2.05, 4.69) is 10.2 Å². The minimum Gasteiger partial charge on any atom is -0.349 e. The third kappa shape index (κ3) is 3.97. The molecule has 24 heavy (non-hydrogen) atoms. The van der Waals surface area contributed by atoms with Gasteiger partial charge in [-0.3, -0.25) is 9.59 Å². The molecule has 0 spiro atoms. The molecule has 0 bridgehead atoms. The third-order valence-electron chi connectivity index (χ3n) is 5.46. The van der Waals surface area contributed by atoms with Crippen molar-refractivity contribution < 1.29 is 9.59 Å². The number of likely N-dealkylation sites (tertiary alicyclic amines) is 1. The maximum Gasteiger partial charge on any atom is 0.251 e. The summed E-state index contributed by atoms with van der Waals surface area (Å²) < 4.78 is 0. The Morgan fingerprint density at radius 1 is 1.12 bits per heavy atom. The Morgan fingerprint density at radius 3 is 2.62 bits per heavy atom. The first-order valence-electron chi connectivity index (χ1n) is 9.30. The number of benzene rings is 1. The van der Waals surface area contributed by atoms with E-state index in [1.807, 2.05) is 25.1 Å². The zero-order chi connectivity index (χ0) is 16.9. The topological polar surface area (TPSA) is 49.4 Å². The fourth-order valence-corrected chi connectivity index (χ4v) is 4.26. The Kier molecular flexibility index (Phi) is 5.54. The van der Waals surface area contributed by atoms with Crippen molar-refractivity contribution in [3.8, 4) is 0 Å². The summed E-state index contributed by atoms with van der Waals surface area (Å²) in [5.41, 5.74) is 0.641. The molecule has 1 saturated carbocycles. The number of nitrogens with zero attached hydrogens (tertiary/aromatic N) is 1. The number of rotatable bonds is 4. The van der Waals surface area contributed by atoms with Crippen molar-refractivity contribution in [2.45, 2.75) is 64.0 Å². The van der Waals surface area contributed by atoms with Crippen LogP contribution in [-0.2, 0) is 4.79 Å². The standard InChI is InChI=1S/C20H28N2O2/c1-15(21-20(24)17-9-3-2-4-10-17)14-19(23)22-13-7-11-16-8-5-6-12-18(16)22/h2-4,9-10,15-16,18H,5-8,11-14H2,1H3,(H,21,24). The molecular weight excluding hydrogens is 300 g/mol. The maximum absolute atomic E-state index is 12.8. The predicted octanol–water partition coefficient (Wildman–Crippen LogP) is 3.38. The monoisotopic (exact) mass is 328 g/mol. The normalized spacial score (nSPS) is 24.8. The lowest BCUT2D eigenvalue weighted by Gasteiger charge is -2.44. The van der Waals surface area contributed by atoms with Gasteiger partial charge in [0.05, 0.1) is 0 Å². The fourth-order valence-electron chi connectivity index (χ4n) is 4.26. The average molecular weight is 328 g/mol. The molecule has 3 rings (SSSR count). The van der Waals surface area contributed by atoms with Crippen LogP contribution in [0.4, 0.5) is 0 Å². The molecule has 1 aromatic rings. The number of hydrogen-bond donors (Lipinski definition) is 1. The second-order valence-electron chi connectivity index (χ2n) is 7.29. The van der Waals surface area contributed by atoms with E-state index < -0.39 is 0 Å². The van der Waals surface area contributed by atoms with Crippen molar-refractivity contribution in [3.63, 3.8) is 0 Å². The van der Waals surface area contributed by atoms with E-state index in [-0.39, 0.29) is 17.9 Å². The second kappa shape index (κ2) is 7.82. The maximum atomic E-state index is 12.8. The first-order chi connectivity index (χ1) is 11.6. The Balaban J connectivity index is 1.54. The van der Waals surface area contributed by atoms with Gasteiger partial charge in [-0.05, 0) is 50.7 Å². The molecule has 4 heteroatoms. The summed E-state index contributed by atoms with van der Waals surface area (Å²) in [5.74, 6) is 0.795. The van der Waals surface area contributed by atoms with Gasteiger partial charge in [0.25, 0.3) is 5.91 Å². The highest BCUT2D eigenvalue weighted by molar-refractivity contribution is 5.94. The molecule has 0 radical (unpaired) electrons. The van der Waals surface area contributed by atoms with E-state index in [4.69, 9.17) is 0 Å². The summed E-state index contributed by atoms with van der Waals surface area (Å²) in [6, 6.07) is 9.47. The van der Waals surface area contributed by atoms with Crippen LogP contribution in [0.25, 0.3) is 0 Å². The van der Waals surface area contributed by atoms with Crippen LogP contribution in [0.1, 0.15) is 62.2 Å². The van der Waals surface area contributed by atoms with E-state index in [0.717, 1.165) is 19.4 Å². The molecule has 1 aliphatic heterocycles. The van der Waals surface area contributed by atoms with Gasteiger partial charge in [0.15, 0.2) is 0 Å². The molecule has 1 heterocycles. The number of amides is 2. The number of fused-ring (bicyclic) bond motifs is 1. The highest BCUT2D eigenvalue weighted by Crippen LogP contribution is 2.35. The van der Waals surface area contributed by atoms with Crippen LogP contribution >= 0.6 is 0 Å². The summed E-state index contributed by atoms with van der Waals surface area (Å²) >= 11 is 0. The number of hydrogen-bond acceptors (Lipinski definition) is 2. The number of carbonyl (C=O) groups excluding carboxylic acids is 2. The molecule has 0 aromatic heterocycles. The minimum absolute atomic E-state index is 0.106. The van der Waals surface area contributed by atoms with Gasteiger partial charge >= 0.3 is 0 Å². The first-order valence-corrected chi connectivity index (χ1v) is 9.30. The van der Waals surface area contributed by atoms with Gasteiger partial charge in [-0.1, -0.05) is 31.0 Å². The highest BCUT2D eigenvalue weighted by atomic mass is 16.2. The fraction of sp³-hybridized carbons (Fsp3) is 0.600. The summed E-state index contributed by atoms with van der Waals surface area (Å²) in [6.45, 7) is 2.81. The Morgan fingerprint density at radius 2 is 1.83 bits per heavy atom. The van der Waals surface area contributed by atoms with Gasteiger partial charge in [0.1, 0.15) is 0 Å². The molecule has 4 nitrogen and oxygen atoms in total. The van der Waals surface area contributed by atoms with Crippen molar-refractivity contribution in [2.24, 2.45) is 5.92 Å². The van der Waals surface area contributed by atoms with E-state index in [1.54, 1.807) is 12.1 Å². The summed E-state index contributed by atoms with van der Waals surface area (Å²) in [7, 11) is 0. The predicted molar refractivity (Wildman–Crippen MR) is 94.7 cm³/mol. The lowest BCUT2D eigenvalue weighted by molar-refractivity contribution is -0.137. The molecule has 2 fully saturated rings. The molecule has 130 valence electrons. The molecule has 1 aliphatic carbocycles. The molecule has 1 aromatic carbocycles. The van der Waals surface area contributed by atoms with Gasteiger partial charge in [-0.25, -0.2) is 0 Å². The zero-order valence-corrected chi connectivity index (χ0v) is 14.5. The van der Waals surface area contributed by atoms with Gasteiger partial charge in [0.2, 0.25) is 5.91 Å². The number of nitrogens with one attached hydrogen (secondary N) is 1. The van der Waals surface area contributed by atoms with Crippen LogP contribution in [0.2, 0.25) is 0 Å². The van der Waals surface area contributed by atoms with Crippen LogP contribution in [0.15, 0.2) is 30.3 Å². The van der Waals surface area contributed by atoms with Gasteiger partial charge in [-0.15, -0.1) is 0 Å². The molecular formula is C20H28N2O2. The van der Waals surface area contributed by atoms with Crippen molar-refractivity contribution in [2.75, 3.05) is 6.54 Å². The quantitative estimate of drug-likeness (QED) is 0.921. The Hall–Kier alpha value is -1.84. The molecule has 3 atom stereocenters. The van der Waals surface area contributed by atoms with Gasteiger partial charge in [-0.2, -0.15) is 0 Å². The van der Waals surface area contributed by atoms with E-state index >= 15 is 0 Å². The summed E-state index contributed by atoms with van der Waals surface area (Å²) in [6.07, 6.45) is 7.77. The highest BCUT2D eigenvalue weighted by Gasteiger charge is 2.35. The molecule has 2 amide bonds. The largest absolute Gasteiger partial charge is 0.349 e. The number of carbonyl (C=O) groups is 2. The van der Waals surface area contributed by atoms with Crippen LogP contribution in [0.5, 0.6) is 0 Å². The molecule has 2 aliphatic rings. The van der Waals surface area contributed by atoms with E-state index in [0.29, 0.717) is 23.9 Å². The smallest absolute Gasteiger partial charge is 0.251 e. The Bertz CT molecular complexity index is 570. The number of piperidine rings is 1. The average Bonchev–Trinajstić information content (AvgIpc) is 2.61. The SMILES string of the molecule is CC(CC(=O)N1CCCC2CCCCC21)NC(=O)c1ccccc1. The minimum atomic E-state index is -0.144. The van der Waals surface area contributed by atoms with Crippen molar-refractivity contribution >= 4 is 11.8 Å². The van der Waals surface area contributed by atoms with E-state index in [1.165, 1.54) is 25.7 Å². The van der Waals surface area contributed by atoms with Crippen LogP contribution in [-0.4, -0.2) is 35.3 Å². The van der Waals surface area contributed by atoms with Crippen LogP contribution in [0.3, 0.4) is 0 Å². The lowest BCUT2D eigenvalue weighted by Crippen LogP contribution is -2.51. The zero-order valence-electron chi connectivity index (χ0n) is 14.5. The van der Waals surface area contributed by atoms with E-state index in [9.17, 15) is 9.59 Å². The van der Waals surface area contributed by atoms with Crippen molar-refractivity contribution in [1.29, 1.82) is 0 Å². The second-order valence-corrected chi connectivity index (χ2v) is 7.29. The molecule has 3 unspecified atom stereocenters. The first kappa shape index (κ1) is 17.0. The molecule has 1 saturated heterocycles. The van der Waals surface area contributed by atoms with Crippen molar-refractivity contribution in [1.82, 2.24) is 10.2 Å². The summed E-state index contributed by atoms with van der Waals surface area (Å²) in [4.78, 5) is 27.1. The third-order valence-corrected chi connectivity index (χ3v) is 5.46. The Labute approximate surface area is 144 Å². The van der Waals surface area contributed by atoms with Gasteiger partial charge < -0.3 is 10.2 Å². The summed E-state index contributed by atoms with van der Waals surface area (Å²) in [5, 5.41) is 2.95. The van der Waals surface area contributed by atoms with Crippen molar-refractivity contribution in [3.05, 3.63) is 35.9 Å². The lowest BCUT2D eigenvalue weighted by atomic mass is 9.78.